The van der Waals surface area contributed by atoms with E-state index < -0.39 is 0 Å². The van der Waals surface area contributed by atoms with Gasteiger partial charge in [0.2, 0.25) is 5.91 Å². The molecule has 0 radical (unpaired) electrons. The first-order chi connectivity index (χ1) is 14.9. The molecular formula is C22H26BrN3O4S. The molecule has 3 amide bonds. The number of imide groups is 1. The molecule has 1 aromatic carbocycles. The van der Waals surface area contributed by atoms with Crippen molar-refractivity contribution < 1.29 is 19.1 Å². The number of benzene rings is 1. The highest BCUT2D eigenvalue weighted by molar-refractivity contribution is 9.10. The minimum atomic E-state index is -0.254. The van der Waals surface area contributed by atoms with E-state index in [1.807, 2.05) is 35.9 Å². The van der Waals surface area contributed by atoms with Crippen LogP contribution < -0.4 is 5.32 Å². The molecule has 1 fully saturated rings. The number of carbonyl (C=O) groups is 3. The summed E-state index contributed by atoms with van der Waals surface area (Å²) in [5, 5.41) is 3.56. The number of unbranched alkanes of at least 4 members (excludes halogenated alkanes) is 1. The van der Waals surface area contributed by atoms with Crippen LogP contribution in [0.1, 0.15) is 31.7 Å². The fraction of sp³-hybridized carbons (Fsp3) is 0.409. The smallest absolute Gasteiger partial charge is 0.293 e. The van der Waals surface area contributed by atoms with E-state index in [-0.39, 0.29) is 23.6 Å². The molecule has 0 atom stereocenters. The molecular weight excluding hydrogens is 482 g/mol. The van der Waals surface area contributed by atoms with Crippen LogP contribution in [0.3, 0.4) is 0 Å². The molecule has 2 heterocycles. The summed E-state index contributed by atoms with van der Waals surface area (Å²) in [6.07, 6.45) is 6.05. The summed E-state index contributed by atoms with van der Waals surface area (Å²) in [7, 11) is 1.63. The van der Waals surface area contributed by atoms with Gasteiger partial charge in [0.1, 0.15) is 6.54 Å². The molecule has 1 aliphatic heterocycles. The van der Waals surface area contributed by atoms with E-state index in [2.05, 4.69) is 21.2 Å². The van der Waals surface area contributed by atoms with Crippen molar-refractivity contribution in [2.24, 2.45) is 0 Å². The van der Waals surface area contributed by atoms with Gasteiger partial charge in [-0.3, -0.25) is 19.3 Å². The maximum absolute atomic E-state index is 12.7. The van der Waals surface area contributed by atoms with Gasteiger partial charge in [0.15, 0.2) is 0 Å². The van der Waals surface area contributed by atoms with Crippen molar-refractivity contribution in [3.05, 3.63) is 39.3 Å². The van der Waals surface area contributed by atoms with Gasteiger partial charge in [-0.2, -0.15) is 0 Å². The average molecular weight is 508 g/mol. The molecule has 7 nitrogen and oxygen atoms in total. The fourth-order valence-electron chi connectivity index (χ4n) is 3.35. The molecule has 1 N–H and O–H groups in total. The van der Waals surface area contributed by atoms with Crippen LogP contribution in [0.4, 0.5) is 4.79 Å². The number of ether oxygens (including phenoxy) is 1. The van der Waals surface area contributed by atoms with E-state index in [1.54, 1.807) is 13.2 Å². The number of amides is 3. The predicted octanol–water partition coefficient (Wildman–Crippen LogP) is 4.39. The van der Waals surface area contributed by atoms with Gasteiger partial charge in [0.05, 0.1) is 4.91 Å². The Labute approximate surface area is 194 Å². The molecule has 0 aliphatic carbocycles. The first-order valence-corrected chi connectivity index (χ1v) is 11.8. The predicted molar refractivity (Wildman–Crippen MR) is 127 cm³/mol. The van der Waals surface area contributed by atoms with Gasteiger partial charge < -0.3 is 14.6 Å². The number of nitrogens with one attached hydrogen (secondary N) is 1. The first-order valence-electron chi connectivity index (χ1n) is 10.2. The Morgan fingerprint density at radius 1 is 1.29 bits per heavy atom. The second-order valence-electron chi connectivity index (χ2n) is 7.26. The van der Waals surface area contributed by atoms with Gasteiger partial charge in [0.25, 0.3) is 11.1 Å². The Morgan fingerprint density at radius 3 is 2.84 bits per heavy atom. The number of fused-ring (bicyclic) bond motifs is 1. The molecule has 0 bridgehead atoms. The Kier molecular flexibility index (Phi) is 8.34. The standard InChI is InChI=1S/C22H26BrN3O4S/c1-3-4-9-26-21(28)19(31-22(26)29)11-15-13-25(14-20(27)24-8-5-10-30-2)18-7-6-16(23)12-17(15)18/h6-7,11-13H,3-5,8-10,14H2,1-2H3,(H,24,27)/b19-11-. The molecule has 166 valence electrons. The van der Waals surface area contributed by atoms with E-state index in [1.165, 1.54) is 4.90 Å². The van der Waals surface area contributed by atoms with Crippen LogP contribution in [-0.2, 0) is 20.9 Å². The summed E-state index contributed by atoms with van der Waals surface area (Å²) in [4.78, 5) is 39.1. The lowest BCUT2D eigenvalue weighted by molar-refractivity contribution is -0.123. The number of aromatic nitrogens is 1. The number of hydrogen-bond acceptors (Lipinski definition) is 5. The van der Waals surface area contributed by atoms with Gasteiger partial charge >= 0.3 is 0 Å². The quantitative estimate of drug-likeness (QED) is 0.380. The zero-order valence-corrected chi connectivity index (χ0v) is 20.1. The zero-order chi connectivity index (χ0) is 22.4. The van der Waals surface area contributed by atoms with Crippen LogP contribution in [0.5, 0.6) is 0 Å². The van der Waals surface area contributed by atoms with Crippen molar-refractivity contribution in [1.82, 2.24) is 14.8 Å². The van der Waals surface area contributed by atoms with Crippen molar-refractivity contribution in [2.75, 3.05) is 26.8 Å². The maximum atomic E-state index is 12.7. The van der Waals surface area contributed by atoms with Crippen LogP contribution in [0.25, 0.3) is 17.0 Å². The molecule has 2 aromatic rings. The fourth-order valence-corrected chi connectivity index (χ4v) is 4.56. The lowest BCUT2D eigenvalue weighted by Crippen LogP contribution is -2.29. The summed E-state index contributed by atoms with van der Waals surface area (Å²) >= 11 is 4.46. The van der Waals surface area contributed by atoms with E-state index >= 15 is 0 Å². The topological polar surface area (TPSA) is 80.6 Å². The monoisotopic (exact) mass is 507 g/mol. The highest BCUT2D eigenvalue weighted by atomic mass is 79.9. The molecule has 31 heavy (non-hydrogen) atoms. The normalized spacial score (nSPS) is 15.5. The largest absolute Gasteiger partial charge is 0.385 e. The highest BCUT2D eigenvalue weighted by Gasteiger charge is 2.34. The zero-order valence-electron chi connectivity index (χ0n) is 17.7. The van der Waals surface area contributed by atoms with Crippen LogP contribution in [0.15, 0.2) is 33.8 Å². The van der Waals surface area contributed by atoms with Crippen LogP contribution in [0.2, 0.25) is 0 Å². The van der Waals surface area contributed by atoms with Gasteiger partial charge in [-0.05, 0) is 48.9 Å². The Hall–Kier alpha value is -2.10. The average Bonchev–Trinajstić information content (AvgIpc) is 3.20. The summed E-state index contributed by atoms with van der Waals surface area (Å²) in [5.41, 5.74) is 1.68. The summed E-state index contributed by atoms with van der Waals surface area (Å²) in [5.74, 6) is -0.349. The molecule has 1 saturated heterocycles. The molecule has 9 heteroatoms. The van der Waals surface area contributed by atoms with Crippen LogP contribution in [-0.4, -0.2) is 53.3 Å². The summed E-state index contributed by atoms with van der Waals surface area (Å²) < 4.78 is 7.76. The third-order valence-corrected chi connectivity index (χ3v) is 6.33. The Balaban J connectivity index is 1.85. The van der Waals surface area contributed by atoms with Gasteiger partial charge in [-0.25, -0.2) is 0 Å². The third kappa shape index (κ3) is 5.78. The second kappa shape index (κ2) is 11.0. The number of halogens is 1. The second-order valence-corrected chi connectivity index (χ2v) is 9.17. The number of methoxy groups -OCH3 is 1. The lowest BCUT2D eigenvalue weighted by Gasteiger charge is -2.10. The van der Waals surface area contributed by atoms with Gasteiger partial charge in [-0.1, -0.05) is 29.3 Å². The van der Waals surface area contributed by atoms with E-state index in [0.717, 1.165) is 52.0 Å². The Morgan fingerprint density at radius 2 is 2.10 bits per heavy atom. The van der Waals surface area contributed by atoms with Crippen molar-refractivity contribution in [2.45, 2.75) is 32.7 Å². The van der Waals surface area contributed by atoms with Crippen molar-refractivity contribution in [3.8, 4) is 0 Å². The lowest BCUT2D eigenvalue weighted by atomic mass is 10.1. The van der Waals surface area contributed by atoms with Gasteiger partial charge in [0, 0.05) is 53.9 Å². The highest BCUT2D eigenvalue weighted by Crippen LogP contribution is 2.35. The first kappa shape index (κ1) is 23.6. The molecule has 0 unspecified atom stereocenters. The third-order valence-electron chi connectivity index (χ3n) is 4.93. The molecule has 1 aromatic heterocycles. The molecule has 0 saturated carbocycles. The van der Waals surface area contributed by atoms with Gasteiger partial charge in [-0.15, -0.1) is 0 Å². The minimum absolute atomic E-state index is 0.0950. The maximum Gasteiger partial charge on any atom is 0.293 e. The number of nitrogens with zero attached hydrogens (tertiary/aromatic N) is 2. The van der Waals surface area contributed by atoms with E-state index in [9.17, 15) is 14.4 Å². The summed E-state index contributed by atoms with van der Waals surface area (Å²) in [6, 6.07) is 5.80. The van der Waals surface area contributed by atoms with Crippen molar-refractivity contribution in [1.29, 1.82) is 0 Å². The molecule has 3 rings (SSSR count). The number of hydrogen-bond donors (Lipinski definition) is 1. The minimum Gasteiger partial charge on any atom is -0.385 e. The molecule has 1 aliphatic rings. The number of thioether (sulfide) groups is 1. The van der Waals surface area contributed by atoms with E-state index in [4.69, 9.17) is 4.74 Å². The number of rotatable bonds is 10. The van der Waals surface area contributed by atoms with E-state index in [0.29, 0.717) is 24.6 Å². The van der Waals surface area contributed by atoms with Crippen LogP contribution >= 0.6 is 27.7 Å². The SMILES string of the molecule is CCCCN1C(=O)S/C(=C\c2cn(CC(=O)NCCCOC)c3ccc(Br)cc23)C1=O. The number of carbonyl (C=O) groups excluding carboxylic acids is 3. The Bertz CT molecular complexity index is 1020. The van der Waals surface area contributed by atoms with Crippen molar-refractivity contribution in [3.63, 3.8) is 0 Å². The van der Waals surface area contributed by atoms with Crippen molar-refractivity contribution >= 4 is 61.7 Å². The van der Waals surface area contributed by atoms with Crippen LogP contribution in [0, 0.1) is 0 Å². The molecule has 0 spiro atoms. The summed E-state index contributed by atoms with van der Waals surface area (Å²) in [6.45, 7) is 3.77.